The summed E-state index contributed by atoms with van der Waals surface area (Å²) >= 11 is 0. The van der Waals surface area contributed by atoms with Crippen LogP contribution in [0.5, 0.6) is 0 Å². The molecular formula is C48H117N5. The fraction of sp³-hybridized carbons (Fsp3) is 1.00. The minimum atomic E-state index is 0. The molecule has 0 N–H and O–H groups in total. The third-order valence-electron chi connectivity index (χ3n) is 10.7. The van der Waals surface area contributed by atoms with Crippen molar-refractivity contribution < 1.29 is 0 Å². The molecule has 5 rings (SSSR count). The predicted octanol–water partition coefficient (Wildman–Crippen LogP) is 14.5. The van der Waals surface area contributed by atoms with Crippen LogP contribution in [-0.4, -0.2) is 123 Å². The molecule has 5 aliphatic heterocycles. The van der Waals surface area contributed by atoms with Crippen molar-refractivity contribution >= 4 is 0 Å². The molecule has 5 unspecified atom stereocenters. The van der Waals surface area contributed by atoms with Gasteiger partial charge in [0.15, 0.2) is 0 Å². The predicted molar refractivity (Wildman–Crippen MR) is 257 cm³/mol. The Labute approximate surface area is 344 Å². The van der Waals surface area contributed by atoms with Crippen molar-refractivity contribution in [1.82, 2.24) is 24.5 Å². The maximum absolute atomic E-state index is 2.49. The van der Waals surface area contributed by atoms with Crippen LogP contribution in [0.2, 0.25) is 0 Å². The highest BCUT2D eigenvalue weighted by molar-refractivity contribution is 4.74. The van der Waals surface area contributed by atoms with Gasteiger partial charge >= 0.3 is 0 Å². The smallest absolute Gasteiger partial charge is 0.00760 e. The molecule has 0 aromatic heterocycles. The van der Waals surface area contributed by atoms with Crippen molar-refractivity contribution in [3.8, 4) is 0 Å². The van der Waals surface area contributed by atoms with E-state index in [1.54, 1.807) is 0 Å². The van der Waals surface area contributed by atoms with Crippen molar-refractivity contribution in [2.45, 2.75) is 253 Å². The number of nitrogens with zero attached hydrogens (tertiary/aromatic N) is 5. The molecule has 334 valence electrons. The van der Waals surface area contributed by atoms with Gasteiger partial charge in [-0.15, -0.1) is 0 Å². The molecule has 0 aliphatic carbocycles. The van der Waals surface area contributed by atoms with Crippen LogP contribution in [0.25, 0.3) is 0 Å². The van der Waals surface area contributed by atoms with Crippen molar-refractivity contribution in [1.29, 1.82) is 0 Å². The molecule has 5 saturated heterocycles. The minimum Gasteiger partial charge on any atom is -0.304 e. The van der Waals surface area contributed by atoms with Crippen LogP contribution in [0, 0.1) is 0 Å². The van der Waals surface area contributed by atoms with Gasteiger partial charge in [0.2, 0.25) is 0 Å². The van der Waals surface area contributed by atoms with Crippen LogP contribution < -0.4 is 0 Å². The molecule has 0 bridgehead atoms. The zero-order valence-electron chi connectivity index (χ0n) is 39.3. The van der Waals surface area contributed by atoms with E-state index in [1.165, 1.54) is 129 Å². The van der Waals surface area contributed by atoms with Gasteiger partial charge in [-0.05, 0) is 160 Å². The fourth-order valence-electron chi connectivity index (χ4n) is 5.98. The van der Waals surface area contributed by atoms with Crippen LogP contribution in [-0.2, 0) is 0 Å². The molecule has 0 aromatic carbocycles. The molecule has 53 heavy (non-hydrogen) atoms. The number of hydrogen-bond donors (Lipinski definition) is 0. The van der Waals surface area contributed by atoms with Gasteiger partial charge in [-0.25, -0.2) is 0 Å². The molecule has 5 fully saturated rings. The normalized spacial score (nSPS) is 25.5. The number of hydrogen-bond acceptors (Lipinski definition) is 5. The average Bonchev–Trinajstić information content (AvgIpc) is 3.44. The highest BCUT2D eigenvalue weighted by Crippen LogP contribution is 2.16. The molecule has 5 nitrogen and oxygen atoms in total. The Balaban J connectivity index is -0.0000000745. The zero-order chi connectivity index (χ0) is 39.9. The number of rotatable bonds is 0. The molecule has 0 amide bonds. The lowest BCUT2D eigenvalue weighted by Gasteiger charge is -2.34. The summed E-state index contributed by atoms with van der Waals surface area (Å²) in [6.45, 7) is 38.0. The summed E-state index contributed by atoms with van der Waals surface area (Å²) in [4.78, 5) is 12.1. The fourth-order valence-corrected chi connectivity index (χ4v) is 5.98. The highest BCUT2D eigenvalue weighted by atomic mass is 15.2. The van der Waals surface area contributed by atoms with Gasteiger partial charge in [0, 0.05) is 30.2 Å². The molecule has 5 heterocycles. The Morgan fingerprint density at radius 1 is 0.245 bits per heavy atom. The third-order valence-corrected chi connectivity index (χ3v) is 10.7. The summed E-state index contributed by atoms with van der Waals surface area (Å²) in [5.41, 5.74) is 0. The maximum atomic E-state index is 2.49. The van der Waals surface area contributed by atoms with Crippen LogP contribution >= 0.6 is 0 Å². The van der Waals surface area contributed by atoms with Crippen molar-refractivity contribution in [2.24, 2.45) is 0 Å². The van der Waals surface area contributed by atoms with E-state index in [2.05, 4.69) is 94.4 Å². The van der Waals surface area contributed by atoms with Crippen molar-refractivity contribution in [3.63, 3.8) is 0 Å². The van der Waals surface area contributed by atoms with Crippen molar-refractivity contribution in [2.75, 3.05) is 68.0 Å². The second-order valence-electron chi connectivity index (χ2n) is 14.1. The lowest BCUT2D eigenvalue weighted by atomic mass is 10.0. The van der Waals surface area contributed by atoms with Gasteiger partial charge in [-0.1, -0.05) is 130 Å². The van der Waals surface area contributed by atoms with E-state index >= 15 is 0 Å². The summed E-state index contributed by atoms with van der Waals surface area (Å²) in [6, 6.07) is 4.20. The summed E-state index contributed by atoms with van der Waals surface area (Å²) in [5, 5.41) is 0. The average molecular weight is 764 g/mol. The lowest BCUT2D eigenvalue weighted by Crippen LogP contribution is -2.41. The SMILES string of the molecule is C.C.C.CC.CC.CC.CC.CC.CC1CCCCCCN1C.CC1CCCCCN1C.CC1CCCCN1C.CC1CCCN1C.CC1CCN1C. The highest BCUT2D eigenvalue weighted by Gasteiger charge is 2.17. The van der Waals surface area contributed by atoms with Gasteiger partial charge in [0.05, 0.1) is 0 Å². The molecule has 0 radical (unpaired) electrons. The Bertz CT molecular complexity index is 540. The van der Waals surface area contributed by atoms with E-state index in [9.17, 15) is 0 Å². The summed E-state index contributed by atoms with van der Waals surface area (Å²) in [5.74, 6) is 0. The largest absolute Gasteiger partial charge is 0.304 e. The van der Waals surface area contributed by atoms with E-state index in [-0.39, 0.29) is 22.3 Å². The van der Waals surface area contributed by atoms with E-state index in [0.29, 0.717) is 0 Å². The Kier molecular flexibility index (Phi) is 71.8. The third kappa shape index (κ3) is 42.8. The quantitative estimate of drug-likeness (QED) is 0.243. The van der Waals surface area contributed by atoms with E-state index in [1.807, 2.05) is 69.2 Å². The first-order valence-electron chi connectivity index (χ1n) is 22.5. The molecule has 5 aliphatic rings. The van der Waals surface area contributed by atoms with E-state index in [0.717, 1.165) is 30.2 Å². The lowest BCUT2D eigenvalue weighted by molar-refractivity contribution is 0.143. The topological polar surface area (TPSA) is 16.2 Å². The van der Waals surface area contributed by atoms with Crippen LogP contribution in [0.15, 0.2) is 0 Å². The molecule has 0 saturated carbocycles. The summed E-state index contributed by atoms with van der Waals surface area (Å²) in [6.07, 6.45) is 21.3. The molecule has 5 atom stereocenters. The summed E-state index contributed by atoms with van der Waals surface area (Å²) < 4.78 is 0. The van der Waals surface area contributed by atoms with Gasteiger partial charge in [-0.3, -0.25) is 0 Å². The van der Waals surface area contributed by atoms with Gasteiger partial charge in [0.1, 0.15) is 0 Å². The molecule has 5 heteroatoms. The Hall–Kier alpha value is -0.200. The Morgan fingerprint density at radius 3 is 0.642 bits per heavy atom. The maximum Gasteiger partial charge on any atom is 0.00760 e. The van der Waals surface area contributed by atoms with Gasteiger partial charge < -0.3 is 24.5 Å². The zero-order valence-corrected chi connectivity index (χ0v) is 39.3. The molecule has 0 spiro atoms. The van der Waals surface area contributed by atoms with Crippen molar-refractivity contribution in [3.05, 3.63) is 0 Å². The standard InChI is InChI=1S/C9H19N.C8H17N.C7H15N.C6H13N.C5H11N.5C2H6.3CH4/c1-9-7-5-3-4-6-8-10(9)2;1-8-6-4-3-5-7-9(8)2;1-7-5-3-4-6-8(7)2;1-6-4-3-5-7(6)2;1-5-3-4-6(5)2;5*1-2;;;/h9H,3-8H2,1-2H3;8H,3-7H2,1-2H3;7H,3-6H2,1-2H3;6H,3-5H2,1-2H3;5H,3-4H2,1-2H3;5*1-2H3;3*1H4. The van der Waals surface area contributed by atoms with Crippen LogP contribution in [0.1, 0.15) is 222 Å². The Morgan fingerprint density at radius 2 is 0.434 bits per heavy atom. The molecular weight excluding hydrogens is 647 g/mol. The van der Waals surface area contributed by atoms with Gasteiger partial charge in [-0.2, -0.15) is 0 Å². The monoisotopic (exact) mass is 764 g/mol. The second-order valence-corrected chi connectivity index (χ2v) is 14.1. The minimum absolute atomic E-state index is 0. The number of piperidine rings is 1. The number of likely N-dealkylation sites (tertiary alicyclic amines) is 5. The molecule has 0 aromatic rings. The second kappa shape index (κ2) is 53.9. The van der Waals surface area contributed by atoms with Gasteiger partial charge in [0.25, 0.3) is 0 Å². The first-order chi connectivity index (χ1) is 24.0. The first kappa shape index (κ1) is 70.6. The van der Waals surface area contributed by atoms with Crippen LogP contribution in [0.3, 0.4) is 0 Å². The van der Waals surface area contributed by atoms with Crippen LogP contribution in [0.4, 0.5) is 0 Å². The summed E-state index contributed by atoms with van der Waals surface area (Å²) in [7, 11) is 11.0. The van der Waals surface area contributed by atoms with E-state index in [4.69, 9.17) is 0 Å². The van der Waals surface area contributed by atoms with E-state index < -0.39 is 0 Å². The first-order valence-corrected chi connectivity index (χ1v) is 22.5.